The fraction of sp³-hybridized carbons (Fsp3) is 0.884. The van der Waals surface area contributed by atoms with Crippen molar-refractivity contribution in [1.82, 2.24) is 5.32 Å². The summed E-state index contributed by atoms with van der Waals surface area (Å²) in [5.74, 6) is -0.0707. The number of aliphatic hydroxyl groups is 2. The average Bonchev–Trinajstić information content (AvgIpc) is 3.41. The quantitative estimate of drug-likeness (QED) is 0.0320. The number of carbonyl (C=O) groups is 2. The second-order valence-corrected chi connectivity index (χ2v) is 23.1. The van der Waals surface area contributed by atoms with E-state index >= 15 is 0 Å². The van der Waals surface area contributed by atoms with Crippen molar-refractivity contribution in [2.24, 2.45) is 0 Å². The van der Waals surface area contributed by atoms with E-state index in [1.165, 1.54) is 289 Å². The van der Waals surface area contributed by atoms with E-state index in [0.717, 1.165) is 51.4 Å². The predicted molar refractivity (Wildman–Crippen MR) is 329 cm³/mol. The molecule has 0 aromatic heterocycles. The number of unbranched alkanes of at least 4 members (excludes halogenated alkanes) is 48. The van der Waals surface area contributed by atoms with Gasteiger partial charge < -0.3 is 20.3 Å². The fourth-order valence-electron chi connectivity index (χ4n) is 10.4. The number of rotatable bonds is 63. The molecular weight excluding hydrogens is 923 g/mol. The molecule has 0 heterocycles. The number of amides is 1. The van der Waals surface area contributed by atoms with Gasteiger partial charge in [-0.25, -0.2) is 0 Å². The van der Waals surface area contributed by atoms with Gasteiger partial charge in [0.1, 0.15) is 0 Å². The molecule has 0 radical (unpaired) electrons. The molecule has 2 atom stereocenters. The molecule has 0 aliphatic carbocycles. The number of carbonyl (C=O) groups excluding carboxylic acids is 2. The third-order valence-corrected chi connectivity index (χ3v) is 15.6. The molecule has 6 heteroatoms. The first-order valence-corrected chi connectivity index (χ1v) is 33.8. The predicted octanol–water partition coefficient (Wildman–Crippen LogP) is 21.5. The van der Waals surface area contributed by atoms with Crippen molar-refractivity contribution in [1.29, 1.82) is 0 Å². The molecular formula is C69H131NO5. The Balaban J connectivity index is 3.45. The van der Waals surface area contributed by atoms with Gasteiger partial charge in [-0.1, -0.05) is 307 Å². The number of aliphatic hydroxyl groups excluding tert-OH is 2. The molecule has 3 N–H and O–H groups in total. The van der Waals surface area contributed by atoms with E-state index in [4.69, 9.17) is 4.74 Å². The van der Waals surface area contributed by atoms with Gasteiger partial charge in [0.25, 0.3) is 0 Å². The maximum absolute atomic E-state index is 12.5. The monoisotopic (exact) mass is 1050 g/mol. The summed E-state index contributed by atoms with van der Waals surface area (Å²) in [7, 11) is 0. The number of allylic oxidation sites excluding steroid dienone is 5. The number of hydrogen-bond donors (Lipinski definition) is 3. The second-order valence-electron chi connectivity index (χ2n) is 23.1. The minimum absolute atomic E-state index is 0.00311. The first kappa shape index (κ1) is 73.1. The van der Waals surface area contributed by atoms with Gasteiger partial charge >= 0.3 is 5.97 Å². The zero-order chi connectivity index (χ0) is 54.3. The lowest BCUT2D eigenvalue weighted by atomic mass is 10.0. The van der Waals surface area contributed by atoms with Gasteiger partial charge in [-0.15, -0.1) is 0 Å². The standard InChI is InChI=1S/C69H131NO5/c1-3-5-7-9-11-13-15-17-19-21-23-26-29-33-37-41-45-49-53-57-61-67(72)66(65-71)70-68(73)62-58-54-50-46-42-38-34-30-27-24-25-28-32-36-40-44-48-52-56-60-64-75-69(74)63-59-55-51-47-43-39-35-31-22-20-18-16-14-12-10-8-6-4-2/h20,22,24,27,57,61,66-67,71-72H,3-19,21,23,25-26,28-56,58-60,62-65H2,1-2H3,(H,70,73)/b22-20-,27-24-,61-57+. The molecule has 0 saturated heterocycles. The van der Waals surface area contributed by atoms with Crippen LogP contribution < -0.4 is 5.32 Å². The Hall–Kier alpha value is -1.92. The van der Waals surface area contributed by atoms with Crippen LogP contribution >= 0.6 is 0 Å². The van der Waals surface area contributed by atoms with E-state index in [1.807, 2.05) is 6.08 Å². The van der Waals surface area contributed by atoms with Gasteiger partial charge in [0.2, 0.25) is 5.91 Å². The maximum Gasteiger partial charge on any atom is 0.305 e. The Bertz CT molecular complexity index is 1210. The minimum Gasteiger partial charge on any atom is -0.466 e. The summed E-state index contributed by atoms with van der Waals surface area (Å²) < 4.78 is 5.49. The fourth-order valence-corrected chi connectivity index (χ4v) is 10.4. The van der Waals surface area contributed by atoms with Crippen LogP contribution in [-0.4, -0.2) is 47.4 Å². The van der Waals surface area contributed by atoms with Crippen LogP contribution in [0.15, 0.2) is 36.5 Å². The van der Waals surface area contributed by atoms with Gasteiger partial charge in [-0.3, -0.25) is 9.59 Å². The summed E-state index contributed by atoms with van der Waals surface area (Å²) in [6.07, 6.45) is 82.0. The van der Waals surface area contributed by atoms with Crippen LogP contribution in [0, 0.1) is 0 Å². The highest BCUT2D eigenvalue weighted by Gasteiger charge is 2.18. The third kappa shape index (κ3) is 61.2. The van der Waals surface area contributed by atoms with Crippen LogP contribution in [0.3, 0.4) is 0 Å². The first-order chi connectivity index (χ1) is 37.0. The molecule has 0 aliphatic heterocycles. The third-order valence-electron chi connectivity index (χ3n) is 15.6. The highest BCUT2D eigenvalue weighted by Crippen LogP contribution is 2.18. The van der Waals surface area contributed by atoms with Crippen molar-refractivity contribution in [3.63, 3.8) is 0 Å². The van der Waals surface area contributed by atoms with Gasteiger partial charge in [-0.2, -0.15) is 0 Å². The molecule has 0 aliphatic rings. The van der Waals surface area contributed by atoms with E-state index in [9.17, 15) is 19.8 Å². The van der Waals surface area contributed by atoms with E-state index in [-0.39, 0.29) is 18.5 Å². The Morgan fingerprint density at radius 1 is 0.360 bits per heavy atom. The van der Waals surface area contributed by atoms with E-state index in [2.05, 4.69) is 43.5 Å². The minimum atomic E-state index is -0.851. The second kappa shape index (κ2) is 64.6. The van der Waals surface area contributed by atoms with Crippen LogP contribution in [0.1, 0.15) is 367 Å². The summed E-state index contributed by atoms with van der Waals surface area (Å²) in [6, 6.07) is -0.636. The molecule has 1 amide bonds. The molecule has 0 bridgehead atoms. The summed E-state index contributed by atoms with van der Waals surface area (Å²) in [5.41, 5.74) is 0. The van der Waals surface area contributed by atoms with Crippen LogP contribution in [0.5, 0.6) is 0 Å². The van der Waals surface area contributed by atoms with E-state index in [1.54, 1.807) is 6.08 Å². The number of ether oxygens (including phenoxy) is 1. The summed E-state index contributed by atoms with van der Waals surface area (Å²) in [5, 5.41) is 23.2. The van der Waals surface area contributed by atoms with Crippen molar-refractivity contribution < 1.29 is 24.5 Å². The van der Waals surface area contributed by atoms with Gasteiger partial charge in [0.15, 0.2) is 0 Å². The summed E-state index contributed by atoms with van der Waals surface area (Å²) in [6.45, 7) is 4.92. The van der Waals surface area contributed by atoms with E-state index in [0.29, 0.717) is 19.4 Å². The highest BCUT2D eigenvalue weighted by atomic mass is 16.5. The Kier molecular flexibility index (Phi) is 63.0. The molecule has 442 valence electrons. The van der Waals surface area contributed by atoms with Crippen LogP contribution in [0.2, 0.25) is 0 Å². The molecule has 0 saturated carbocycles. The van der Waals surface area contributed by atoms with Crippen molar-refractivity contribution in [2.45, 2.75) is 379 Å². The maximum atomic E-state index is 12.5. The smallest absolute Gasteiger partial charge is 0.305 e. The largest absolute Gasteiger partial charge is 0.466 e. The van der Waals surface area contributed by atoms with Gasteiger partial charge in [0.05, 0.1) is 25.4 Å². The van der Waals surface area contributed by atoms with Crippen LogP contribution in [-0.2, 0) is 14.3 Å². The normalized spacial score (nSPS) is 12.7. The van der Waals surface area contributed by atoms with Crippen LogP contribution in [0.25, 0.3) is 0 Å². The zero-order valence-corrected chi connectivity index (χ0v) is 50.5. The number of esters is 1. The molecule has 0 rings (SSSR count). The topological polar surface area (TPSA) is 95.9 Å². The molecule has 0 aromatic carbocycles. The lowest BCUT2D eigenvalue weighted by Gasteiger charge is -2.20. The van der Waals surface area contributed by atoms with Gasteiger partial charge in [-0.05, 0) is 83.5 Å². The van der Waals surface area contributed by atoms with Crippen molar-refractivity contribution in [3.05, 3.63) is 36.5 Å². The van der Waals surface area contributed by atoms with E-state index < -0.39 is 12.1 Å². The van der Waals surface area contributed by atoms with Crippen molar-refractivity contribution in [2.75, 3.05) is 13.2 Å². The molecule has 0 fully saturated rings. The molecule has 75 heavy (non-hydrogen) atoms. The number of nitrogens with one attached hydrogen (secondary N) is 1. The zero-order valence-electron chi connectivity index (χ0n) is 50.5. The molecule has 0 aromatic rings. The van der Waals surface area contributed by atoms with Gasteiger partial charge in [0, 0.05) is 12.8 Å². The Morgan fingerprint density at radius 2 is 0.627 bits per heavy atom. The van der Waals surface area contributed by atoms with Crippen molar-refractivity contribution in [3.8, 4) is 0 Å². The van der Waals surface area contributed by atoms with Crippen molar-refractivity contribution >= 4 is 11.9 Å². The SMILES string of the molecule is CCCCCCCCC/C=C\CCCCCCCCCC(=O)OCCCCCCCCCCC/C=C\CCCCCCCCCC(=O)NC(CO)C(O)/C=C/CCCCCCCCCCCCCCCCCCCC. The summed E-state index contributed by atoms with van der Waals surface area (Å²) >= 11 is 0. The Morgan fingerprint density at radius 3 is 0.947 bits per heavy atom. The highest BCUT2D eigenvalue weighted by molar-refractivity contribution is 5.76. The average molecular weight is 1050 g/mol. The lowest BCUT2D eigenvalue weighted by Crippen LogP contribution is -2.45. The summed E-state index contributed by atoms with van der Waals surface area (Å²) in [4.78, 5) is 24.6. The molecule has 6 nitrogen and oxygen atoms in total. The molecule has 0 spiro atoms. The van der Waals surface area contributed by atoms with Crippen LogP contribution in [0.4, 0.5) is 0 Å². The molecule has 2 unspecified atom stereocenters. The lowest BCUT2D eigenvalue weighted by molar-refractivity contribution is -0.143. The first-order valence-electron chi connectivity index (χ1n) is 33.8. The number of hydrogen-bond acceptors (Lipinski definition) is 5. The Labute approximate surface area is 468 Å².